The summed E-state index contributed by atoms with van der Waals surface area (Å²) in [7, 11) is 0. The molecule has 1 aromatic carbocycles. The predicted molar refractivity (Wildman–Crippen MR) is 66.7 cm³/mol. The van der Waals surface area contributed by atoms with Crippen LogP contribution in [0.3, 0.4) is 0 Å². The van der Waals surface area contributed by atoms with Crippen LogP contribution in [0.25, 0.3) is 0 Å². The Hall–Kier alpha value is -1.29. The first-order valence-corrected chi connectivity index (χ1v) is 5.63. The summed E-state index contributed by atoms with van der Waals surface area (Å²) in [5.41, 5.74) is 0.544. The minimum absolute atomic E-state index is 0.126. The van der Waals surface area contributed by atoms with Gasteiger partial charge in [-0.1, -0.05) is 23.2 Å². The highest BCUT2D eigenvalue weighted by atomic mass is 35.5. The summed E-state index contributed by atoms with van der Waals surface area (Å²) < 4.78 is 5.56. The molecule has 2 rings (SSSR count). The van der Waals surface area contributed by atoms with Gasteiger partial charge in [-0.3, -0.25) is 4.98 Å². The molecule has 1 aromatic heterocycles. The maximum Gasteiger partial charge on any atom is 0.130 e. The molecule has 0 saturated carbocycles. The summed E-state index contributed by atoms with van der Waals surface area (Å²) in [4.78, 5) is 3.95. The highest BCUT2D eigenvalue weighted by Crippen LogP contribution is 2.29. The molecule has 0 radical (unpaired) electrons. The Balaban J connectivity index is 2.22. The zero-order valence-electron chi connectivity index (χ0n) is 8.73. The Kier molecular flexibility index (Phi) is 3.84. The SMILES string of the molecule is OCc1cc(Oc2ccc(Cl)c(Cl)c2)ccn1. The number of benzene rings is 1. The van der Waals surface area contributed by atoms with Crippen LogP contribution in [0.2, 0.25) is 10.0 Å². The van der Waals surface area contributed by atoms with Crippen molar-refractivity contribution in [1.82, 2.24) is 4.98 Å². The minimum Gasteiger partial charge on any atom is -0.457 e. The molecule has 0 amide bonds. The first-order valence-electron chi connectivity index (χ1n) is 4.88. The van der Waals surface area contributed by atoms with Crippen LogP contribution in [0.15, 0.2) is 36.5 Å². The summed E-state index contributed by atoms with van der Waals surface area (Å²) in [6.07, 6.45) is 1.57. The van der Waals surface area contributed by atoms with Crippen LogP contribution in [0, 0.1) is 0 Å². The smallest absolute Gasteiger partial charge is 0.130 e. The van der Waals surface area contributed by atoms with Crippen LogP contribution in [0.4, 0.5) is 0 Å². The molecule has 0 saturated heterocycles. The highest BCUT2D eigenvalue weighted by Gasteiger charge is 2.02. The third kappa shape index (κ3) is 3.09. The van der Waals surface area contributed by atoms with Crippen LogP contribution >= 0.6 is 23.2 Å². The Morgan fingerprint density at radius 2 is 1.82 bits per heavy atom. The van der Waals surface area contributed by atoms with Crippen molar-refractivity contribution in [2.24, 2.45) is 0 Å². The molecule has 0 unspecified atom stereocenters. The lowest BCUT2D eigenvalue weighted by Crippen LogP contribution is -1.90. The third-order valence-electron chi connectivity index (χ3n) is 2.08. The average Bonchev–Trinajstić information content (AvgIpc) is 2.34. The molecular weight excluding hydrogens is 261 g/mol. The van der Waals surface area contributed by atoms with Gasteiger partial charge in [-0.2, -0.15) is 0 Å². The van der Waals surface area contributed by atoms with E-state index in [2.05, 4.69) is 4.98 Å². The van der Waals surface area contributed by atoms with E-state index in [1.54, 1.807) is 36.5 Å². The summed E-state index contributed by atoms with van der Waals surface area (Å²) in [6.45, 7) is -0.126. The van der Waals surface area contributed by atoms with Crippen molar-refractivity contribution in [1.29, 1.82) is 0 Å². The molecule has 0 aliphatic rings. The van der Waals surface area contributed by atoms with E-state index in [1.807, 2.05) is 0 Å². The monoisotopic (exact) mass is 269 g/mol. The molecule has 1 N–H and O–H groups in total. The number of pyridine rings is 1. The third-order valence-corrected chi connectivity index (χ3v) is 2.82. The standard InChI is InChI=1S/C12H9Cl2NO2/c13-11-2-1-9(6-12(11)14)17-10-3-4-15-8(5-10)7-16/h1-6,16H,7H2. The molecule has 2 aromatic rings. The first kappa shape index (κ1) is 12.2. The molecule has 17 heavy (non-hydrogen) atoms. The molecule has 88 valence electrons. The van der Waals surface area contributed by atoms with Crippen molar-refractivity contribution in [3.05, 3.63) is 52.3 Å². The van der Waals surface area contributed by atoms with E-state index in [1.165, 1.54) is 0 Å². The lowest BCUT2D eigenvalue weighted by Gasteiger charge is -2.07. The normalized spacial score (nSPS) is 10.3. The average molecular weight is 270 g/mol. The first-order chi connectivity index (χ1) is 8.19. The topological polar surface area (TPSA) is 42.4 Å². The van der Waals surface area contributed by atoms with Gasteiger partial charge in [0.05, 0.1) is 22.3 Å². The summed E-state index contributed by atoms with van der Waals surface area (Å²) in [6, 6.07) is 8.35. The molecule has 5 heteroatoms. The minimum atomic E-state index is -0.126. The summed E-state index contributed by atoms with van der Waals surface area (Å²) >= 11 is 11.7. The number of halogens is 2. The van der Waals surface area contributed by atoms with Gasteiger partial charge in [0.2, 0.25) is 0 Å². The molecule has 0 spiro atoms. The lowest BCUT2D eigenvalue weighted by atomic mass is 10.3. The van der Waals surface area contributed by atoms with Crippen LogP contribution in [0.1, 0.15) is 5.69 Å². The number of ether oxygens (including phenoxy) is 1. The van der Waals surface area contributed by atoms with E-state index in [4.69, 9.17) is 33.0 Å². The molecule has 0 atom stereocenters. The highest BCUT2D eigenvalue weighted by molar-refractivity contribution is 6.42. The van der Waals surface area contributed by atoms with Gasteiger partial charge < -0.3 is 9.84 Å². The maximum absolute atomic E-state index is 8.95. The Morgan fingerprint density at radius 3 is 2.53 bits per heavy atom. The van der Waals surface area contributed by atoms with E-state index >= 15 is 0 Å². The Labute approximate surface area is 109 Å². The lowest BCUT2D eigenvalue weighted by molar-refractivity contribution is 0.276. The van der Waals surface area contributed by atoms with E-state index in [0.29, 0.717) is 27.2 Å². The van der Waals surface area contributed by atoms with E-state index in [9.17, 15) is 0 Å². The number of hydrogen-bond donors (Lipinski definition) is 1. The van der Waals surface area contributed by atoms with Gasteiger partial charge in [-0.05, 0) is 18.2 Å². The fraction of sp³-hybridized carbons (Fsp3) is 0.0833. The second kappa shape index (κ2) is 5.36. The van der Waals surface area contributed by atoms with Gasteiger partial charge in [0.1, 0.15) is 11.5 Å². The molecular formula is C12H9Cl2NO2. The second-order valence-electron chi connectivity index (χ2n) is 3.32. The van der Waals surface area contributed by atoms with Crippen LogP contribution < -0.4 is 4.74 Å². The largest absolute Gasteiger partial charge is 0.457 e. The number of aliphatic hydroxyl groups excluding tert-OH is 1. The molecule has 0 aliphatic heterocycles. The zero-order chi connectivity index (χ0) is 12.3. The van der Waals surface area contributed by atoms with E-state index in [-0.39, 0.29) is 6.61 Å². The van der Waals surface area contributed by atoms with Crippen molar-refractivity contribution in [3.8, 4) is 11.5 Å². The fourth-order valence-corrected chi connectivity index (χ4v) is 1.57. The van der Waals surface area contributed by atoms with Gasteiger partial charge >= 0.3 is 0 Å². The number of hydrogen-bond acceptors (Lipinski definition) is 3. The quantitative estimate of drug-likeness (QED) is 0.925. The van der Waals surface area contributed by atoms with Crippen molar-refractivity contribution in [3.63, 3.8) is 0 Å². The fourth-order valence-electron chi connectivity index (χ4n) is 1.28. The van der Waals surface area contributed by atoms with Gasteiger partial charge in [0.25, 0.3) is 0 Å². The van der Waals surface area contributed by atoms with Gasteiger partial charge in [-0.25, -0.2) is 0 Å². The number of aromatic nitrogens is 1. The molecule has 0 bridgehead atoms. The Bertz CT molecular complexity index is 532. The van der Waals surface area contributed by atoms with Crippen molar-refractivity contribution in [2.75, 3.05) is 0 Å². The second-order valence-corrected chi connectivity index (χ2v) is 4.13. The zero-order valence-corrected chi connectivity index (χ0v) is 10.2. The molecule has 3 nitrogen and oxygen atoms in total. The summed E-state index contributed by atoms with van der Waals surface area (Å²) in [5, 5.41) is 9.86. The number of aliphatic hydroxyl groups is 1. The van der Waals surface area contributed by atoms with E-state index < -0.39 is 0 Å². The summed E-state index contributed by atoms with van der Waals surface area (Å²) in [5.74, 6) is 1.16. The van der Waals surface area contributed by atoms with Gasteiger partial charge in [0.15, 0.2) is 0 Å². The predicted octanol–water partition coefficient (Wildman–Crippen LogP) is 3.67. The van der Waals surface area contributed by atoms with Crippen molar-refractivity contribution < 1.29 is 9.84 Å². The van der Waals surface area contributed by atoms with Crippen molar-refractivity contribution in [2.45, 2.75) is 6.61 Å². The molecule has 0 fully saturated rings. The molecule has 1 heterocycles. The maximum atomic E-state index is 8.95. The molecule has 0 aliphatic carbocycles. The van der Waals surface area contributed by atoms with Gasteiger partial charge in [-0.15, -0.1) is 0 Å². The van der Waals surface area contributed by atoms with Crippen LogP contribution in [-0.2, 0) is 6.61 Å². The number of nitrogens with zero attached hydrogens (tertiary/aromatic N) is 1. The van der Waals surface area contributed by atoms with E-state index in [0.717, 1.165) is 0 Å². The van der Waals surface area contributed by atoms with Crippen LogP contribution in [-0.4, -0.2) is 10.1 Å². The van der Waals surface area contributed by atoms with Crippen molar-refractivity contribution >= 4 is 23.2 Å². The van der Waals surface area contributed by atoms with Crippen LogP contribution in [0.5, 0.6) is 11.5 Å². The number of rotatable bonds is 3. The Morgan fingerprint density at radius 1 is 1.06 bits per heavy atom. The van der Waals surface area contributed by atoms with Gasteiger partial charge in [0, 0.05) is 18.3 Å².